The molecule has 0 fully saturated rings. The zero-order valence-corrected chi connectivity index (χ0v) is 23.8. The Bertz CT molecular complexity index is 1040. The van der Waals surface area contributed by atoms with E-state index in [0.29, 0.717) is 30.1 Å². The number of rotatable bonds is 12. The van der Waals surface area contributed by atoms with Crippen LogP contribution in [-0.4, -0.2) is 68.2 Å². The maximum absolute atomic E-state index is 12.1. The third kappa shape index (κ3) is 11.9. The molecule has 2 aromatic heterocycles. The van der Waals surface area contributed by atoms with E-state index in [1.54, 1.807) is 45.5 Å². The van der Waals surface area contributed by atoms with Crippen molar-refractivity contribution >= 4 is 36.9 Å². The van der Waals surface area contributed by atoms with Gasteiger partial charge in [0.1, 0.15) is 23.4 Å². The second-order valence-electron chi connectivity index (χ2n) is 9.86. The average Bonchev–Trinajstić information content (AvgIpc) is 3.19. The lowest BCUT2D eigenvalue weighted by atomic mass is 10.1. The number of aromatic nitrogens is 4. The number of hydrogen-bond acceptors (Lipinski definition) is 11. The predicted molar refractivity (Wildman–Crippen MR) is 141 cm³/mol. The van der Waals surface area contributed by atoms with E-state index in [9.17, 15) is 14.2 Å². The Balaban J connectivity index is 0.000000580. The summed E-state index contributed by atoms with van der Waals surface area (Å²) in [5.41, 5.74) is 11.5. The molecule has 0 saturated heterocycles. The molecule has 2 aromatic rings. The Morgan fingerprint density at radius 3 is 2.32 bits per heavy atom. The number of hydrogen-bond donors (Lipinski definition) is 3. The fraction of sp³-hybridized carbons (Fsp3) is 0.696. The number of carbonyl (C=O) groups is 2. The minimum absolute atomic E-state index is 0.0257. The van der Waals surface area contributed by atoms with E-state index in [0.717, 1.165) is 0 Å². The quantitative estimate of drug-likeness (QED) is 0.263. The summed E-state index contributed by atoms with van der Waals surface area (Å²) in [6.07, 6.45) is 2.63. The lowest BCUT2D eigenvalue weighted by Crippen LogP contribution is -2.43. The van der Waals surface area contributed by atoms with E-state index in [1.807, 2.05) is 20.8 Å². The van der Waals surface area contributed by atoms with Crippen LogP contribution < -0.4 is 16.6 Å². The number of carbonyl (C=O) groups excluding carboxylic acids is 2. The number of nitrogens with two attached hydrogens (primary N) is 2. The van der Waals surface area contributed by atoms with Crippen LogP contribution in [-0.2, 0) is 34.9 Å². The standard InChI is InChI=1S/C16H26N6O4P.C7H15NO2/c1-10(2)6-25-16(23)12(4)21-27(24)9-26-11(3)5-22-8-20-13-14(17)18-7-19-15(13)22;1-5(2)10-6(9)7(3,4)8/h7-8,10-12H,5-6,9H2,1-4H3,(H,21,24)(H2,17,18,19);5H,8H2,1-4H3/q+1;. The minimum Gasteiger partial charge on any atom is -0.464 e. The molecule has 0 bridgehead atoms. The van der Waals surface area contributed by atoms with Gasteiger partial charge >= 0.3 is 19.9 Å². The summed E-state index contributed by atoms with van der Waals surface area (Å²) in [5.74, 6) is -0.221. The molecular weight excluding hydrogens is 501 g/mol. The van der Waals surface area contributed by atoms with Gasteiger partial charge < -0.3 is 30.2 Å². The molecule has 0 aliphatic rings. The molecule has 0 aromatic carbocycles. The summed E-state index contributed by atoms with van der Waals surface area (Å²) in [6.45, 7) is 15.0. The molecule has 2 rings (SSSR count). The largest absolute Gasteiger partial charge is 0.464 e. The molecule has 0 amide bonds. The molecule has 3 unspecified atom stereocenters. The van der Waals surface area contributed by atoms with Crippen LogP contribution >= 0.6 is 7.95 Å². The fourth-order valence-corrected chi connectivity index (χ4v) is 3.60. The van der Waals surface area contributed by atoms with Gasteiger partial charge in [-0.15, -0.1) is 0 Å². The van der Waals surface area contributed by atoms with Crippen LogP contribution in [0, 0.1) is 5.92 Å². The lowest BCUT2D eigenvalue weighted by Gasteiger charge is -2.18. The average molecular weight is 543 g/mol. The Morgan fingerprint density at radius 2 is 1.78 bits per heavy atom. The zero-order valence-electron chi connectivity index (χ0n) is 22.9. The van der Waals surface area contributed by atoms with Gasteiger partial charge in [-0.25, -0.2) is 15.0 Å². The molecular formula is C23H41N7O6P+. The van der Waals surface area contributed by atoms with Crippen molar-refractivity contribution in [3.05, 3.63) is 12.7 Å². The van der Waals surface area contributed by atoms with Crippen molar-refractivity contribution in [1.29, 1.82) is 0 Å². The highest BCUT2D eigenvalue weighted by Crippen LogP contribution is 2.19. The normalized spacial score (nSPS) is 13.6. The Hall–Kier alpha value is -2.73. The number of imidazole rings is 1. The van der Waals surface area contributed by atoms with E-state index in [1.165, 1.54) is 6.33 Å². The Morgan fingerprint density at radius 1 is 1.14 bits per heavy atom. The van der Waals surface area contributed by atoms with Crippen LogP contribution in [0.3, 0.4) is 0 Å². The van der Waals surface area contributed by atoms with E-state index in [4.69, 9.17) is 25.7 Å². The molecule has 3 atom stereocenters. The number of esters is 2. The van der Waals surface area contributed by atoms with Gasteiger partial charge in [-0.05, 0) is 52.0 Å². The number of fused-ring (bicyclic) bond motifs is 1. The van der Waals surface area contributed by atoms with Gasteiger partial charge in [0.2, 0.25) is 0 Å². The van der Waals surface area contributed by atoms with Gasteiger partial charge in [0.25, 0.3) is 6.35 Å². The van der Waals surface area contributed by atoms with Crippen LogP contribution in [0.15, 0.2) is 12.7 Å². The Kier molecular flexibility index (Phi) is 13.0. The van der Waals surface area contributed by atoms with Gasteiger partial charge in [0, 0.05) is 0 Å². The molecule has 14 heteroatoms. The first-order valence-electron chi connectivity index (χ1n) is 12.0. The van der Waals surface area contributed by atoms with E-state index >= 15 is 0 Å². The predicted octanol–water partition coefficient (Wildman–Crippen LogP) is 2.37. The van der Waals surface area contributed by atoms with Gasteiger partial charge in [-0.1, -0.05) is 18.9 Å². The third-order valence-electron chi connectivity index (χ3n) is 4.48. The van der Waals surface area contributed by atoms with Crippen molar-refractivity contribution < 1.29 is 28.4 Å². The van der Waals surface area contributed by atoms with Crippen LogP contribution in [0.25, 0.3) is 11.2 Å². The first kappa shape index (κ1) is 32.3. The van der Waals surface area contributed by atoms with Crippen LogP contribution in [0.1, 0.15) is 55.4 Å². The van der Waals surface area contributed by atoms with Crippen LogP contribution in [0.4, 0.5) is 5.82 Å². The summed E-state index contributed by atoms with van der Waals surface area (Å²) < 4.78 is 29.5. The van der Waals surface area contributed by atoms with Crippen molar-refractivity contribution in [1.82, 2.24) is 24.6 Å². The molecule has 0 aliphatic carbocycles. The van der Waals surface area contributed by atoms with Crippen molar-refractivity contribution in [3.63, 3.8) is 0 Å². The fourth-order valence-electron chi connectivity index (χ4n) is 2.60. The van der Waals surface area contributed by atoms with Crippen molar-refractivity contribution in [2.45, 2.75) is 85.7 Å². The summed E-state index contributed by atoms with van der Waals surface area (Å²) in [7, 11) is -1.91. The second kappa shape index (κ2) is 14.9. The highest BCUT2D eigenvalue weighted by molar-refractivity contribution is 7.42. The van der Waals surface area contributed by atoms with Gasteiger partial charge in [0.15, 0.2) is 11.5 Å². The summed E-state index contributed by atoms with van der Waals surface area (Å²) in [5, 5.41) is 2.71. The summed E-state index contributed by atoms with van der Waals surface area (Å²) >= 11 is 0. The monoisotopic (exact) mass is 542 g/mol. The highest BCUT2D eigenvalue weighted by Gasteiger charge is 2.27. The number of ether oxygens (including phenoxy) is 3. The molecule has 208 valence electrons. The molecule has 0 spiro atoms. The Labute approximate surface area is 218 Å². The van der Waals surface area contributed by atoms with E-state index < -0.39 is 25.5 Å². The van der Waals surface area contributed by atoms with E-state index in [2.05, 4.69) is 20.0 Å². The third-order valence-corrected chi connectivity index (χ3v) is 5.54. The second-order valence-corrected chi connectivity index (χ2v) is 11.1. The van der Waals surface area contributed by atoms with Crippen molar-refractivity contribution in [2.24, 2.45) is 11.7 Å². The summed E-state index contributed by atoms with van der Waals surface area (Å²) in [6, 6.07) is -0.663. The van der Waals surface area contributed by atoms with E-state index in [-0.39, 0.29) is 30.4 Å². The first-order valence-corrected chi connectivity index (χ1v) is 13.5. The molecule has 5 N–H and O–H groups in total. The number of anilines is 1. The maximum Gasteiger partial charge on any atom is 0.461 e. The number of nitrogens with one attached hydrogen (secondary N) is 1. The van der Waals surface area contributed by atoms with Crippen molar-refractivity contribution in [2.75, 3.05) is 18.7 Å². The summed E-state index contributed by atoms with van der Waals surface area (Å²) in [4.78, 5) is 35.0. The SMILES string of the molecule is CC(C)COC(=O)C(C)N[P+](=O)COC(C)Cn1cnc2c(N)ncnc21.CC(C)OC(=O)C(C)(C)N. The molecule has 2 heterocycles. The van der Waals surface area contributed by atoms with Crippen LogP contribution in [0.5, 0.6) is 0 Å². The smallest absolute Gasteiger partial charge is 0.461 e. The van der Waals surface area contributed by atoms with Crippen LogP contribution in [0.2, 0.25) is 0 Å². The lowest BCUT2D eigenvalue weighted by molar-refractivity contribution is -0.152. The number of nitrogens with zero attached hydrogens (tertiary/aromatic N) is 4. The maximum atomic E-state index is 12.1. The number of nitrogen functional groups attached to an aromatic ring is 1. The topological polar surface area (TPSA) is 187 Å². The van der Waals surface area contributed by atoms with Gasteiger partial charge in [-0.3, -0.25) is 9.59 Å². The zero-order chi connectivity index (χ0) is 28.3. The molecule has 0 saturated carbocycles. The first-order chi connectivity index (χ1) is 17.1. The van der Waals surface area contributed by atoms with Gasteiger partial charge in [0.05, 0.1) is 31.7 Å². The molecule has 0 aliphatic heterocycles. The minimum atomic E-state index is -1.91. The molecule has 0 radical (unpaired) electrons. The molecule has 37 heavy (non-hydrogen) atoms. The highest BCUT2D eigenvalue weighted by atomic mass is 31.1. The van der Waals surface area contributed by atoms with Crippen molar-refractivity contribution in [3.8, 4) is 0 Å². The molecule has 13 nitrogen and oxygen atoms in total. The van der Waals surface area contributed by atoms with Gasteiger partial charge in [-0.2, -0.15) is 0 Å².